The first kappa shape index (κ1) is 12.6. The molecular formula is C13H7ClN2OS. The lowest BCUT2D eigenvalue weighted by molar-refractivity contribution is 0.104. The molecule has 0 atom stereocenters. The number of nitrogens with zero attached hydrogens (tertiary/aromatic N) is 2. The predicted molar refractivity (Wildman–Crippen MR) is 70.2 cm³/mol. The molecule has 0 spiro atoms. The number of carbonyl (C=O) groups is 1. The Labute approximate surface area is 113 Å². The Bertz CT molecular complexity index is 690. The van der Waals surface area contributed by atoms with E-state index < -0.39 is 0 Å². The average molecular weight is 275 g/mol. The quantitative estimate of drug-likeness (QED) is 0.535. The van der Waals surface area contributed by atoms with Crippen molar-refractivity contribution in [3.05, 3.63) is 37.6 Å². The molecule has 0 bridgehead atoms. The van der Waals surface area contributed by atoms with Crippen LogP contribution in [-0.4, -0.2) is 5.78 Å². The Morgan fingerprint density at radius 2 is 1.89 bits per heavy atom. The van der Waals surface area contributed by atoms with E-state index in [1.54, 1.807) is 19.2 Å². The summed E-state index contributed by atoms with van der Waals surface area (Å²) in [6, 6.07) is 3.67. The topological polar surface area (TPSA) is 64.7 Å². The van der Waals surface area contributed by atoms with Gasteiger partial charge in [0.2, 0.25) is 5.78 Å². The molecule has 2 rings (SSSR count). The second-order valence-electron chi connectivity index (χ2n) is 3.97. The average Bonchev–Trinajstić information content (AvgIpc) is 2.82. The van der Waals surface area contributed by atoms with Crippen molar-refractivity contribution in [3.8, 4) is 12.1 Å². The molecule has 1 aromatic rings. The summed E-state index contributed by atoms with van der Waals surface area (Å²) in [7, 11) is 0. The standard InChI is InChI=1S/C13H7ClN2OS/c1-6(2)9-10(7(3-15)4-16)11-8(14)5-18-13(11)12(9)17/h5H,1-2H3. The highest BCUT2D eigenvalue weighted by Gasteiger charge is 2.36. The van der Waals surface area contributed by atoms with Crippen molar-refractivity contribution in [2.75, 3.05) is 0 Å². The molecule has 0 aliphatic heterocycles. The molecule has 1 heterocycles. The second kappa shape index (κ2) is 4.42. The van der Waals surface area contributed by atoms with Crippen molar-refractivity contribution in [1.82, 2.24) is 0 Å². The van der Waals surface area contributed by atoms with E-state index in [1.807, 2.05) is 12.1 Å². The van der Waals surface area contributed by atoms with Crippen molar-refractivity contribution in [3.63, 3.8) is 0 Å². The molecule has 3 nitrogen and oxygen atoms in total. The monoisotopic (exact) mass is 274 g/mol. The number of rotatable bonds is 0. The maximum Gasteiger partial charge on any atom is 0.204 e. The Balaban J connectivity index is 2.94. The van der Waals surface area contributed by atoms with E-state index in [4.69, 9.17) is 22.1 Å². The van der Waals surface area contributed by atoms with Gasteiger partial charge < -0.3 is 0 Å². The van der Waals surface area contributed by atoms with Crippen molar-refractivity contribution in [2.24, 2.45) is 0 Å². The van der Waals surface area contributed by atoms with Gasteiger partial charge in [-0.05, 0) is 13.8 Å². The van der Waals surface area contributed by atoms with Crippen molar-refractivity contribution < 1.29 is 4.79 Å². The van der Waals surface area contributed by atoms with Gasteiger partial charge in [0, 0.05) is 22.1 Å². The number of Topliss-reactive ketones (excluding diaryl/α,β-unsaturated/α-hetero) is 1. The zero-order valence-corrected chi connectivity index (χ0v) is 11.2. The third-order valence-electron chi connectivity index (χ3n) is 2.65. The molecule has 0 saturated carbocycles. The van der Waals surface area contributed by atoms with Crippen molar-refractivity contribution in [1.29, 1.82) is 10.5 Å². The molecule has 1 aliphatic rings. The first-order valence-electron chi connectivity index (χ1n) is 5.07. The number of halogens is 1. The summed E-state index contributed by atoms with van der Waals surface area (Å²) in [5, 5.41) is 20.1. The van der Waals surface area contributed by atoms with Gasteiger partial charge in [-0.3, -0.25) is 4.79 Å². The van der Waals surface area contributed by atoms with Gasteiger partial charge in [0.1, 0.15) is 17.7 Å². The molecule has 0 aromatic carbocycles. The van der Waals surface area contributed by atoms with Crippen LogP contribution in [0.3, 0.4) is 0 Å². The summed E-state index contributed by atoms with van der Waals surface area (Å²) < 4.78 is 0. The Hall–Kier alpha value is -1.88. The number of hydrogen-bond acceptors (Lipinski definition) is 4. The smallest absolute Gasteiger partial charge is 0.204 e. The Kier molecular flexibility index (Phi) is 3.09. The highest BCUT2D eigenvalue weighted by Crippen LogP contribution is 2.46. The minimum atomic E-state index is -0.153. The van der Waals surface area contributed by atoms with Crippen LogP contribution < -0.4 is 0 Å². The molecule has 0 fully saturated rings. The summed E-state index contributed by atoms with van der Waals surface area (Å²) in [6.07, 6.45) is 0. The molecule has 1 aromatic heterocycles. The maximum atomic E-state index is 12.2. The van der Waals surface area contributed by atoms with Crippen LogP contribution in [0.1, 0.15) is 29.1 Å². The van der Waals surface area contributed by atoms with Crippen molar-refractivity contribution >= 4 is 34.3 Å². The van der Waals surface area contributed by atoms with Gasteiger partial charge in [-0.25, -0.2) is 0 Å². The minimum Gasteiger partial charge on any atom is -0.288 e. The number of thiophene rings is 1. The molecule has 0 N–H and O–H groups in total. The molecule has 88 valence electrons. The Morgan fingerprint density at radius 1 is 1.28 bits per heavy atom. The van der Waals surface area contributed by atoms with Gasteiger partial charge in [-0.15, -0.1) is 11.3 Å². The van der Waals surface area contributed by atoms with Crippen molar-refractivity contribution in [2.45, 2.75) is 13.8 Å². The summed E-state index contributed by atoms with van der Waals surface area (Å²) in [5.41, 5.74) is 2.04. The number of allylic oxidation sites excluding steroid dienone is 4. The number of ketones is 1. The van der Waals surface area contributed by atoms with Crippen LogP contribution in [0.4, 0.5) is 0 Å². The van der Waals surface area contributed by atoms with Gasteiger partial charge in [0.25, 0.3) is 0 Å². The van der Waals surface area contributed by atoms with E-state index in [9.17, 15) is 4.79 Å². The van der Waals surface area contributed by atoms with Gasteiger partial charge in [-0.1, -0.05) is 17.2 Å². The third kappa shape index (κ3) is 1.59. The van der Waals surface area contributed by atoms with E-state index >= 15 is 0 Å². The number of carbonyl (C=O) groups excluding carboxylic acids is 1. The van der Waals surface area contributed by atoms with E-state index in [0.717, 1.165) is 5.57 Å². The number of hydrogen-bond donors (Lipinski definition) is 0. The van der Waals surface area contributed by atoms with Gasteiger partial charge >= 0.3 is 0 Å². The third-order valence-corrected chi connectivity index (χ3v) is 4.06. The van der Waals surface area contributed by atoms with Crippen LogP contribution in [0.25, 0.3) is 5.57 Å². The van der Waals surface area contributed by atoms with Crippen LogP contribution >= 0.6 is 22.9 Å². The maximum absolute atomic E-state index is 12.2. The van der Waals surface area contributed by atoms with E-state index in [-0.39, 0.29) is 11.4 Å². The SMILES string of the molecule is CC(C)=C1C(=O)c2scc(Cl)c2C1=C(C#N)C#N. The van der Waals surface area contributed by atoms with E-state index in [1.165, 1.54) is 11.3 Å². The van der Waals surface area contributed by atoms with Gasteiger partial charge in [0.05, 0.1) is 9.90 Å². The van der Waals surface area contributed by atoms with Gasteiger partial charge in [-0.2, -0.15) is 10.5 Å². The lowest BCUT2D eigenvalue weighted by Gasteiger charge is -2.03. The molecule has 0 amide bonds. The first-order chi connectivity index (χ1) is 8.52. The fraction of sp³-hybridized carbons (Fsp3) is 0.154. The van der Waals surface area contributed by atoms with Crippen LogP contribution in [0.15, 0.2) is 22.1 Å². The van der Waals surface area contributed by atoms with E-state index in [0.29, 0.717) is 26.6 Å². The molecule has 0 saturated heterocycles. The molecule has 18 heavy (non-hydrogen) atoms. The lowest BCUT2D eigenvalue weighted by atomic mass is 9.97. The molecule has 1 aliphatic carbocycles. The second-order valence-corrected chi connectivity index (χ2v) is 5.25. The molecule has 0 radical (unpaired) electrons. The molecule has 5 heteroatoms. The summed E-state index contributed by atoms with van der Waals surface area (Å²) in [6.45, 7) is 3.56. The minimum absolute atomic E-state index is 0.0707. The number of nitriles is 2. The molecular weight excluding hydrogens is 268 g/mol. The first-order valence-corrected chi connectivity index (χ1v) is 6.33. The highest BCUT2D eigenvalue weighted by atomic mass is 35.5. The van der Waals surface area contributed by atoms with Gasteiger partial charge in [0.15, 0.2) is 0 Å². The summed E-state index contributed by atoms with van der Waals surface area (Å²) in [4.78, 5) is 12.7. The summed E-state index contributed by atoms with van der Waals surface area (Å²) >= 11 is 7.30. The predicted octanol–water partition coefficient (Wildman–Crippen LogP) is 3.73. The lowest BCUT2D eigenvalue weighted by Crippen LogP contribution is -1.97. The highest BCUT2D eigenvalue weighted by molar-refractivity contribution is 7.13. The zero-order chi connectivity index (χ0) is 13.4. The fourth-order valence-electron chi connectivity index (χ4n) is 1.95. The molecule has 0 unspecified atom stereocenters. The summed E-state index contributed by atoms with van der Waals surface area (Å²) in [5.74, 6) is -0.153. The normalized spacial score (nSPS) is 13.1. The van der Waals surface area contributed by atoms with Crippen LogP contribution in [0.2, 0.25) is 5.02 Å². The van der Waals surface area contributed by atoms with Crippen LogP contribution in [0.5, 0.6) is 0 Å². The largest absolute Gasteiger partial charge is 0.288 e. The fourth-order valence-corrected chi connectivity index (χ4v) is 3.21. The number of fused-ring (bicyclic) bond motifs is 1. The zero-order valence-electron chi connectivity index (χ0n) is 9.67. The Morgan fingerprint density at radius 3 is 2.39 bits per heavy atom. The van der Waals surface area contributed by atoms with Crippen LogP contribution in [0, 0.1) is 22.7 Å². The van der Waals surface area contributed by atoms with E-state index in [2.05, 4.69) is 0 Å². The van der Waals surface area contributed by atoms with Crippen LogP contribution in [-0.2, 0) is 0 Å².